The van der Waals surface area contributed by atoms with Gasteiger partial charge < -0.3 is 36.0 Å². The van der Waals surface area contributed by atoms with Gasteiger partial charge in [0.2, 0.25) is 17.7 Å². The zero-order valence-electron chi connectivity index (χ0n) is 28.8. The van der Waals surface area contributed by atoms with Gasteiger partial charge in [-0.1, -0.05) is 45.0 Å². The maximum atomic E-state index is 13.9. The van der Waals surface area contributed by atoms with Crippen LogP contribution in [0.15, 0.2) is 29.8 Å². The highest BCUT2D eigenvalue weighted by Crippen LogP contribution is 2.28. The molecule has 2 heterocycles. The summed E-state index contributed by atoms with van der Waals surface area (Å²) in [6.07, 6.45) is -0.180. The molecule has 3 atom stereocenters. The molecule has 5 N–H and O–H groups in total. The number of nitrogens with zero attached hydrogens (tertiary/aromatic N) is 3. The minimum Gasteiger partial charge on any atom is -0.444 e. The van der Waals surface area contributed by atoms with E-state index in [1.807, 2.05) is 57.5 Å². The van der Waals surface area contributed by atoms with Gasteiger partial charge in [-0.15, -0.1) is 11.3 Å². The van der Waals surface area contributed by atoms with Gasteiger partial charge in [0.25, 0.3) is 0 Å². The van der Waals surface area contributed by atoms with Crippen molar-refractivity contribution in [3.63, 3.8) is 0 Å². The molecular weight excluding hydrogens is 620 g/mol. The monoisotopic (exact) mass is 672 g/mol. The van der Waals surface area contributed by atoms with Crippen LogP contribution < -0.4 is 16.4 Å². The normalized spacial score (nSPS) is 17.3. The van der Waals surface area contributed by atoms with Crippen molar-refractivity contribution < 1.29 is 29.0 Å². The summed E-state index contributed by atoms with van der Waals surface area (Å²) in [5, 5.41) is 16.3. The molecule has 0 bridgehead atoms. The van der Waals surface area contributed by atoms with E-state index in [2.05, 4.69) is 15.6 Å². The minimum absolute atomic E-state index is 0.00570. The smallest absolute Gasteiger partial charge is 0.410 e. The molecule has 260 valence electrons. The topological polar surface area (TPSA) is 167 Å². The highest BCUT2D eigenvalue weighted by atomic mass is 32.1. The van der Waals surface area contributed by atoms with Crippen molar-refractivity contribution in [2.24, 2.45) is 11.1 Å². The first-order valence-electron chi connectivity index (χ1n) is 16.2. The van der Waals surface area contributed by atoms with Crippen LogP contribution >= 0.6 is 11.3 Å². The number of aromatic nitrogens is 1. The number of amides is 4. The second-order valence-electron chi connectivity index (χ2n) is 14.2. The van der Waals surface area contributed by atoms with Crippen LogP contribution in [-0.2, 0) is 25.7 Å². The molecule has 1 fully saturated rings. The number of carbonyl (C=O) groups is 4. The summed E-state index contributed by atoms with van der Waals surface area (Å²) in [7, 11) is 0. The van der Waals surface area contributed by atoms with E-state index < -0.39 is 41.2 Å². The van der Waals surface area contributed by atoms with Crippen molar-refractivity contribution in [2.75, 3.05) is 26.2 Å². The van der Waals surface area contributed by atoms with Crippen LogP contribution in [0.3, 0.4) is 0 Å². The number of benzene rings is 1. The number of aryl methyl sites for hydroxylation is 1. The summed E-state index contributed by atoms with van der Waals surface area (Å²) in [6.45, 7) is 14.2. The lowest BCUT2D eigenvalue weighted by molar-refractivity contribution is -0.144. The summed E-state index contributed by atoms with van der Waals surface area (Å²) in [5.74, 6) is -1.14. The molecule has 13 heteroatoms. The Morgan fingerprint density at radius 3 is 2.34 bits per heavy atom. The van der Waals surface area contributed by atoms with Crippen molar-refractivity contribution in [3.8, 4) is 10.4 Å². The lowest BCUT2D eigenvalue weighted by atomic mass is 9.85. The van der Waals surface area contributed by atoms with Gasteiger partial charge in [-0.25, -0.2) is 9.78 Å². The van der Waals surface area contributed by atoms with E-state index in [1.54, 1.807) is 37.0 Å². The van der Waals surface area contributed by atoms with Crippen molar-refractivity contribution >= 4 is 35.2 Å². The lowest BCUT2D eigenvalue weighted by Crippen LogP contribution is -2.57. The number of hydrogen-bond donors (Lipinski definition) is 4. The molecule has 0 saturated carbocycles. The highest BCUT2D eigenvalue weighted by Gasteiger charge is 2.44. The molecule has 1 aliphatic rings. The molecule has 47 heavy (non-hydrogen) atoms. The third kappa shape index (κ3) is 11.3. The first-order chi connectivity index (χ1) is 22.0. The third-order valence-electron chi connectivity index (χ3n) is 7.83. The molecule has 4 amide bonds. The summed E-state index contributed by atoms with van der Waals surface area (Å²) in [5.41, 5.74) is 9.04. The molecule has 0 spiro atoms. The van der Waals surface area contributed by atoms with Crippen LogP contribution in [0.5, 0.6) is 0 Å². The van der Waals surface area contributed by atoms with E-state index in [-0.39, 0.29) is 37.7 Å². The van der Waals surface area contributed by atoms with Crippen LogP contribution in [0.2, 0.25) is 0 Å². The number of nitrogens with one attached hydrogen (secondary N) is 2. The quantitative estimate of drug-likeness (QED) is 0.251. The number of ether oxygens (including phenoxy) is 1. The Labute approximate surface area is 282 Å². The van der Waals surface area contributed by atoms with Gasteiger partial charge in [-0.3, -0.25) is 14.4 Å². The fourth-order valence-corrected chi connectivity index (χ4v) is 6.16. The van der Waals surface area contributed by atoms with Crippen molar-refractivity contribution in [1.29, 1.82) is 0 Å². The molecule has 1 aromatic heterocycles. The van der Waals surface area contributed by atoms with Crippen LogP contribution in [0.4, 0.5) is 4.79 Å². The number of hydrogen-bond acceptors (Lipinski definition) is 9. The molecule has 1 aromatic carbocycles. The summed E-state index contributed by atoms with van der Waals surface area (Å²) in [4.78, 5) is 61.3. The summed E-state index contributed by atoms with van der Waals surface area (Å²) < 4.78 is 5.50. The van der Waals surface area contributed by atoms with E-state index in [4.69, 9.17) is 10.5 Å². The lowest BCUT2D eigenvalue weighted by Gasteiger charge is -2.35. The fourth-order valence-electron chi connectivity index (χ4n) is 5.35. The summed E-state index contributed by atoms with van der Waals surface area (Å²) in [6, 6.07) is 6.06. The maximum Gasteiger partial charge on any atom is 0.410 e. The van der Waals surface area contributed by atoms with Crippen LogP contribution in [0.1, 0.15) is 78.5 Å². The Balaban J connectivity index is 1.60. The Hall–Kier alpha value is -3.55. The largest absolute Gasteiger partial charge is 0.444 e. The van der Waals surface area contributed by atoms with Gasteiger partial charge in [0.05, 0.1) is 22.2 Å². The predicted molar refractivity (Wildman–Crippen MR) is 182 cm³/mol. The number of nitrogens with two attached hydrogens (primary N) is 1. The maximum absolute atomic E-state index is 13.9. The Bertz CT molecular complexity index is 1370. The first kappa shape index (κ1) is 37.9. The highest BCUT2D eigenvalue weighted by molar-refractivity contribution is 7.13. The fraction of sp³-hybridized carbons (Fsp3) is 0.618. The molecule has 3 rings (SSSR count). The number of β-amino-alcohol motifs (C(OH)–C–C–N with tert-alkyl or cyclic N) is 1. The van der Waals surface area contributed by atoms with Crippen molar-refractivity contribution in [1.82, 2.24) is 25.4 Å². The SMILES string of the molecule is Cc1ncsc1-c1ccc(CNC(=O)[C@@H]2C[C@@H](O)CN2C(=O)[C@@H](NC(=O)CCCN(CCCN)C(=O)OC(C)(C)C)C(C)(C)C)cc1. The molecule has 12 nitrogen and oxygen atoms in total. The zero-order chi connectivity index (χ0) is 34.9. The minimum atomic E-state index is -0.933. The van der Waals surface area contributed by atoms with E-state index in [9.17, 15) is 24.3 Å². The van der Waals surface area contributed by atoms with Gasteiger partial charge in [0.1, 0.15) is 17.7 Å². The van der Waals surface area contributed by atoms with Crippen LogP contribution in [-0.4, -0.2) is 93.7 Å². The van der Waals surface area contributed by atoms with Crippen molar-refractivity contribution in [3.05, 3.63) is 41.0 Å². The van der Waals surface area contributed by atoms with Crippen molar-refractivity contribution in [2.45, 2.75) is 104 Å². The zero-order valence-corrected chi connectivity index (χ0v) is 29.6. The van der Waals surface area contributed by atoms with E-state index >= 15 is 0 Å². The molecule has 2 aromatic rings. The first-order valence-corrected chi connectivity index (χ1v) is 17.1. The van der Waals surface area contributed by atoms with E-state index in [1.165, 1.54) is 4.90 Å². The number of likely N-dealkylation sites (tertiary alicyclic amines) is 1. The second kappa shape index (κ2) is 16.5. The number of carbonyl (C=O) groups excluding carboxylic acids is 4. The van der Waals surface area contributed by atoms with Gasteiger partial charge in [-0.2, -0.15) is 0 Å². The molecule has 1 saturated heterocycles. The van der Waals surface area contributed by atoms with Gasteiger partial charge >= 0.3 is 6.09 Å². The molecular formula is C34H52N6O6S. The predicted octanol–water partition coefficient (Wildman–Crippen LogP) is 3.59. The third-order valence-corrected chi connectivity index (χ3v) is 8.80. The Kier molecular flexibility index (Phi) is 13.3. The van der Waals surface area contributed by atoms with Gasteiger partial charge in [-0.05, 0) is 63.6 Å². The number of thiazole rings is 1. The standard InChI is InChI=1S/C34H52N6O6S/c1-22-28(47-21-37-22)24-13-11-23(12-14-24)19-36-30(43)26-18-25(41)20-40(26)31(44)29(33(2,3)4)38-27(42)10-8-16-39(17-9-15-35)32(45)46-34(5,6)7/h11-14,21,25-26,29,41H,8-10,15-20,35H2,1-7H3,(H,36,43)(H,38,42)/t25-,26+,29-/m1/s1. The number of aliphatic hydroxyl groups excluding tert-OH is 1. The number of aliphatic hydroxyl groups is 1. The van der Waals surface area contributed by atoms with Gasteiger partial charge in [0, 0.05) is 39.0 Å². The Morgan fingerprint density at radius 1 is 1.11 bits per heavy atom. The average molecular weight is 673 g/mol. The second-order valence-corrected chi connectivity index (χ2v) is 15.0. The molecule has 0 radical (unpaired) electrons. The molecule has 1 aliphatic heterocycles. The van der Waals surface area contributed by atoms with Crippen LogP contribution in [0.25, 0.3) is 10.4 Å². The molecule has 0 aliphatic carbocycles. The van der Waals surface area contributed by atoms with Gasteiger partial charge in [0.15, 0.2) is 0 Å². The van der Waals surface area contributed by atoms with E-state index in [0.29, 0.717) is 32.5 Å². The average Bonchev–Trinajstić information content (AvgIpc) is 3.60. The molecule has 0 unspecified atom stereocenters. The Morgan fingerprint density at radius 2 is 1.77 bits per heavy atom. The number of rotatable bonds is 13. The van der Waals surface area contributed by atoms with E-state index in [0.717, 1.165) is 21.7 Å². The summed E-state index contributed by atoms with van der Waals surface area (Å²) >= 11 is 1.57. The van der Waals surface area contributed by atoms with Crippen LogP contribution in [0, 0.1) is 12.3 Å².